The number of rotatable bonds is 6. The van der Waals surface area contributed by atoms with Crippen LogP contribution in [-0.2, 0) is 4.74 Å². The summed E-state index contributed by atoms with van der Waals surface area (Å²) >= 11 is 0. The molecule has 2 rings (SSSR count). The third-order valence-corrected chi connectivity index (χ3v) is 3.36. The molecule has 0 saturated carbocycles. The van der Waals surface area contributed by atoms with Gasteiger partial charge in [-0.15, -0.1) is 0 Å². The van der Waals surface area contributed by atoms with E-state index in [1.807, 2.05) is 0 Å². The number of benzene rings is 1. The molecule has 1 aromatic carbocycles. The van der Waals surface area contributed by atoms with Crippen LogP contribution in [0.2, 0.25) is 0 Å². The van der Waals surface area contributed by atoms with Crippen molar-refractivity contribution in [3.63, 3.8) is 0 Å². The van der Waals surface area contributed by atoms with E-state index >= 15 is 0 Å². The molecule has 1 aliphatic rings. The fourth-order valence-electron chi connectivity index (χ4n) is 2.53. The second-order valence-electron chi connectivity index (χ2n) is 5.55. The molecule has 2 atom stereocenters. The predicted octanol–water partition coefficient (Wildman–Crippen LogP) is 2.84. The number of nitrogens with one attached hydrogen (secondary N) is 1. The van der Waals surface area contributed by atoms with Crippen LogP contribution in [0.4, 0.5) is 0 Å². The van der Waals surface area contributed by atoms with E-state index in [0.29, 0.717) is 6.10 Å². The van der Waals surface area contributed by atoms with Gasteiger partial charge < -0.3 is 14.8 Å². The Balaban J connectivity index is 1.72. The zero-order chi connectivity index (χ0) is 13.7. The topological polar surface area (TPSA) is 30.5 Å². The summed E-state index contributed by atoms with van der Waals surface area (Å²) in [6.45, 7) is 8.99. The largest absolute Gasteiger partial charge is 0.489 e. The molecule has 2 unspecified atom stereocenters. The Bertz CT molecular complexity index is 379. The predicted molar refractivity (Wildman–Crippen MR) is 77.8 cm³/mol. The minimum atomic E-state index is 0.169. The van der Waals surface area contributed by atoms with Crippen molar-refractivity contribution in [3.8, 4) is 5.75 Å². The molecule has 1 aliphatic heterocycles. The van der Waals surface area contributed by atoms with Crippen LogP contribution in [0, 0.1) is 13.8 Å². The molecule has 106 valence electrons. The molecule has 0 spiro atoms. The minimum Gasteiger partial charge on any atom is -0.489 e. The third kappa shape index (κ3) is 4.84. The summed E-state index contributed by atoms with van der Waals surface area (Å²) in [5.74, 6) is 0.962. The van der Waals surface area contributed by atoms with Crippen molar-refractivity contribution in [2.45, 2.75) is 45.8 Å². The molecule has 3 heteroatoms. The molecule has 19 heavy (non-hydrogen) atoms. The lowest BCUT2D eigenvalue weighted by atomic mass is 10.1. The first-order valence-electron chi connectivity index (χ1n) is 7.21. The Hall–Kier alpha value is -1.06. The molecular weight excluding hydrogens is 238 g/mol. The van der Waals surface area contributed by atoms with Gasteiger partial charge in [0.05, 0.1) is 6.10 Å². The summed E-state index contributed by atoms with van der Waals surface area (Å²) in [7, 11) is 0. The van der Waals surface area contributed by atoms with Crippen LogP contribution in [0.15, 0.2) is 18.2 Å². The van der Waals surface area contributed by atoms with Crippen LogP contribution in [0.5, 0.6) is 5.75 Å². The van der Waals surface area contributed by atoms with Crippen LogP contribution in [0.25, 0.3) is 0 Å². The van der Waals surface area contributed by atoms with E-state index in [0.717, 1.165) is 25.4 Å². The maximum atomic E-state index is 5.94. The smallest absolute Gasteiger partial charge is 0.120 e. The molecule has 0 bridgehead atoms. The number of aryl methyl sites for hydroxylation is 2. The summed E-state index contributed by atoms with van der Waals surface area (Å²) in [5.41, 5.74) is 2.49. The molecule has 1 aromatic rings. The van der Waals surface area contributed by atoms with E-state index in [9.17, 15) is 0 Å². The average molecular weight is 263 g/mol. The fraction of sp³-hybridized carbons (Fsp3) is 0.625. The van der Waals surface area contributed by atoms with E-state index in [2.05, 4.69) is 44.3 Å². The standard InChI is InChI=1S/C16H25NO2/c1-12-7-13(2)9-16(8-12)19-14(3)10-17-11-15-5-4-6-18-15/h7-9,14-15,17H,4-6,10-11H2,1-3H3. The zero-order valence-electron chi connectivity index (χ0n) is 12.2. The van der Waals surface area contributed by atoms with Gasteiger partial charge in [-0.05, 0) is 56.9 Å². The molecule has 0 aliphatic carbocycles. The van der Waals surface area contributed by atoms with Crippen molar-refractivity contribution >= 4 is 0 Å². The van der Waals surface area contributed by atoms with Crippen LogP contribution in [0.3, 0.4) is 0 Å². The Morgan fingerprint density at radius 2 is 2.05 bits per heavy atom. The van der Waals surface area contributed by atoms with Gasteiger partial charge in [-0.25, -0.2) is 0 Å². The first-order chi connectivity index (χ1) is 9.13. The fourth-order valence-corrected chi connectivity index (χ4v) is 2.53. The highest BCUT2D eigenvalue weighted by atomic mass is 16.5. The van der Waals surface area contributed by atoms with Gasteiger partial charge in [-0.3, -0.25) is 0 Å². The van der Waals surface area contributed by atoms with Crippen molar-refractivity contribution in [1.82, 2.24) is 5.32 Å². The van der Waals surface area contributed by atoms with Crippen molar-refractivity contribution in [3.05, 3.63) is 29.3 Å². The maximum absolute atomic E-state index is 5.94. The molecule has 0 aromatic heterocycles. The summed E-state index contributed by atoms with van der Waals surface area (Å²) in [6.07, 6.45) is 2.94. The first kappa shape index (κ1) is 14.4. The Morgan fingerprint density at radius 1 is 1.32 bits per heavy atom. The SMILES string of the molecule is Cc1cc(C)cc(OC(C)CNCC2CCCO2)c1. The van der Waals surface area contributed by atoms with Crippen LogP contribution in [-0.4, -0.2) is 31.9 Å². The summed E-state index contributed by atoms with van der Waals surface area (Å²) in [5, 5.41) is 3.43. The highest BCUT2D eigenvalue weighted by Gasteiger charge is 2.15. The second kappa shape index (κ2) is 6.92. The van der Waals surface area contributed by atoms with E-state index < -0.39 is 0 Å². The van der Waals surface area contributed by atoms with Crippen LogP contribution >= 0.6 is 0 Å². The number of hydrogen-bond donors (Lipinski definition) is 1. The lowest BCUT2D eigenvalue weighted by Crippen LogP contribution is -2.34. The Morgan fingerprint density at radius 3 is 2.68 bits per heavy atom. The molecule has 3 nitrogen and oxygen atoms in total. The number of hydrogen-bond acceptors (Lipinski definition) is 3. The molecular formula is C16H25NO2. The Kier molecular flexibility index (Phi) is 5.23. The summed E-state index contributed by atoms with van der Waals surface area (Å²) in [6, 6.07) is 6.33. The lowest BCUT2D eigenvalue weighted by Gasteiger charge is -2.17. The van der Waals surface area contributed by atoms with Crippen molar-refractivity contribution in [1.29, 1.82) is 0 Å². The second-order valence-corrected chi connectivity index (χ2v) is 5.55. The van der Waals surface area contributed by atoms with Gasteiger partial charge in [-0.2, -0.15) is 0 Å². The normalized spacial score (nSPS) is 20.5. The first-order valence-corrected chi connectivity index (χ1v) is 7.21. The van der Waals surface area contributed by atoms with Crippen molar-refractivity contribution < 1.29 is 9.47 Å². The van der Waals surface area contributed by atoms with Crippen LogP contribution < -0.4 is 10.1 Å². The maximum Gasteiger partial charge on any atom is 0.120 e. The van der Waals surface area contributed by atoms with E-state index in [1.54, 1.807) is 0 Å². The molecule has 1 heterocycles. The monoisotopic (exact) mass is 263 g/mol. The van der Waals surface area contributed by atoms with E-state index in [-0.39, 0.29) is 6.10 Å². The van der Waals surface area contributed by atoms with Crippen LogP contribution in [0.1, 0.15) is 30.9 Å². The zero-order valence-corrected chi connectivity index (χ0v) is 12.2. The summed E-state index contributed by atoms with van der Waals surface area (Å²) in [4.78, 5) is 0. The van der Waals surface area contributed by atoms with Gasteiger partial charge in [0, 0.05) is 19.7 Å². The van der Waals surface area contributed by atoms with Gasteiger partial charge in [0.15, 0.2) is 0 Å². The highest BCUT2D eigenvalue weighted by Crippen LogP contribution is 2.17. The van der Waals surface area contributed by atoms with Gasteiger partial charge >= 0.3 is 0 Å². The lowest BCUT2D eigenvalue weighted by molar-refractivity contribution is 0.106. The van der Waals surface area contributed by atoms with Crippen molar-refractivity contribution in [2.75, 3.05) is 19.7 Å². The van der Waals surface area contributed by atoms with Gasteiger partial charge in [0.2, 0.25) is 0 Å². The molecule has 0 radical (unpaired) electrons. The molecule has 1 N–H and O–H groups in total. The molecule has 1 fully saturated rings. The molecule has 0 amide bonds. The van der Waals surface area contributed by atoms with Gasteiger partial charge in [0.1, 0.15) is 11.9 Å². The highest BCUT2D eigenvalue weighted by molar-refractivity contribution is 5.33. The summed E-state index contributed by atoms with van der Waals surface area (Å²) < 4.78 is 11.5. The number of ether oxygens (including phenoxy) is 2. The van der Waals surface area contributed by atoms with Gasteiger partial charge in [-0.1, -0.05) is 6.07 Å². The third-order valence-electron chi connectivity index (χ3n) is 3.36. The van der Waals surface area contributed by atoms with Crippen molar-refractivity contribution in [2.24, 2.45) is 0 Å². The molecule has 1 saturated heterocycles. The minimum absolute atomic E-state index is 0.169. The van der Waals surface area contributed by atoms with E-state index in [1.165, 1.54) is 24.0 Å². The van der Waals surface area contributed by atoms with Gasteiger partial charge in [0.25, 0.3) is 0 Å². The van der Waals surface area contributed by atoms with E-state index in [4.69, 9.17) is 9.47 Å². The quantitative estimate of drug-likeness (QED) is 0.856. The Labute approximate surface area is 116 Å². The average Bonchev–Trinajstić information content (AvgIpc) is 2.80.